The molecule has 96 valence electrons. The standard InChI is InChI=1S/C15H25NO/c1-6-13(15(3,4)5)16-10-12-9-7-8-11(2)14(12)17/h7-9,13,16-17H,6,10H2,1-5H3/t13-/m1/s1. The number of phenols is 1. The molecule has 0 saturated heterocycles. The van der Waals surface area contributed by atoms with E-state index < -0.39 is 0 Å². The summed E-state index contributed by atoms with van der Waals surface area (Å²) in [6.45, 7) is 11.6. The van der Waals surface area contributed by atoms with Crippen LogP contribution in [0, 0.1) is 12.3 Å². The van der Waals surface area contributed by atoms with Gasteiger partial charge in [-0.05, 0) is 24.3 Å². The number of benzene rings is 1. The van der Waals surface area contributed by atoms with Crippen LogP contribution in [0.25, 0.3) is 0 Å². The molecule has 2 N–H and O–H groups in total. The van der Waals surface area contributed by atoms with Crippen molar-refractivity contribution in [2.24, 2.45) is 5.41 Å². The van der Waals surface area contributed by atoms with E-state index in [2.05, 4.69) is 33.0 Å². The molecule has 1 aromatic rings. The zero-order chi connectivity index (χ0) is 13.1. The third kappa shape index (κ3) is 3.74. The smallest absolute Gasteiger partial charge is 0.122 e. The molecule has 0 radical (unpaired) electrons. The van der Waals surface area contributed by atoms with Gasteiger partial charge in [0.05, 0.1) is 0 Å². The van der Waals surface area contributed by atoms with Crippen molar-refractivity contribution in [1.82, 2.24) is 5.32 Å². The van der Waals surface area contributed by atoms with Gasteiger partial charge < -0.3 is 10.4 Å². The van der Waals surface area contributed by atoms with E-state index in [1.807, 2.05) is 25.1 Å². The highest BCUT2D eigenvalue weighted by Crippen LogP contribution is 2.24. The molecule has 0 amide bonds. The first-order valence-corrected chi connectivity index (χ1v) is 6.37. The molecule has 1 aromatic carbocycles. The van der Waals surface area contributed by atoms with E-state index in [0.717, 1.165) is 24.1 Å². The lowest BCUT2D eigenvalue weighted by atomic mass is 9.85. The first kappa shape index (κ1) is 14.0. The lowest BCUT2D eigenvalue weighted by Gasteiger charge is -2.31. The minimum atomic E-state index is 0.244. The van der Waals surface area contributed by atoms with Gasteiger partial charge in [-0.2, -0.15) is 0 Å². The molecule has 0 aliphatic carbocycles. The monoisotopic (exact) mass is 235 g/mol. The van der Waals surface area contributed by atoms with Crippen LogP contribution in [0.3, 0.4) is 0 Å². The van der Waals surface area contributed by atoms with Crippen LogP contribution in [-0.2, 0) is 6.54 Å². The van der Waals surface area contributed by atoms with E-state index in [-0.39, 0.29) is 5.41 Å². The molecule has 1 atom stereocenters. The Morgan fingerprint density at radius 2 is 1.94 bits per heavy atom. The summed E-state index contributed by atoms with van der Waals surface area (Å²) >= 11 is 0. The Bertz CT molecular complexity index is 366. The van der Waals surface area contributed by atoms with Crippen LogP contribution >= 0.6 is 0 Å². The van der Waals surface area contributed by atoms with Crippen molar-refractivity contribution < 1.29 is 5.11 Å². The van der Waals surface area contributed by atoms with Crippen LogP contribution in [0.5, 0.6) is 5.75 Å². The Hall–Kier alpha value is -1.02. The number of hydrogen-bond acceptors (Lipinski definition) is 2. The fraction of sp³-hybridized carbons (Fsp3) is 0.600. The van der Waals surface area contributed by atoms with Crippen molar-refractivity contribution in [2.75, 3.05) is 0 Å². The maximum absolute atomic E-state index is 9.95. The number of phenolic OH excluding ortho intramolecular Hbond substituents is 1. The summed E-state index contributed by atoms with van der Waals surface area (Å²) in [6.07, 6.45) is 1.09. The maximum atomic E-state index is 9.95. The number of aryl methyl sites for hydroxylation is 1. The predicted octanol–water partition coefficient (Wildman–Crippen LogP) is 3.61. The molecule has 0 aliphatic rings. The van der Waals surface area contributed by atoms with Gasteiger partial charge in [-0.25, -0.2) is 0 Å². The fourth-order valence-corrected chi connectivity index (χ4v) is 2.16. The molecule has 0 saturated carbocycles. The third-order valence-electron chi connectivity index (χ3n) is 3.31. The molecule has 2 nitrogen and oxygen atoms in total. The molecular weight excluding hydrogens is 210 g/mol. The quantitative estimate of drug-likeness (QED) is 0.835. The number of rotatable bonds is 4. The van der Waals surface area contributed by atoms with Crippen molar-refractivity contribution in [2.45, 2.75) is 53.6 Å². The summed E-state index contributed by atoms with van der Waals surface area (Å²) in [5.41, 5.74) is 2.16. The second-order valence-electron chi connectivity index (χ2n) is 5.79. The van der Waals surface area contributed by atoms with E-state index >= 15 is 0 Å². The summed E-state index contributed by atoms with van der Waals surface area (Å²) in [6, 6.07) is 6.36. The van der Waals surface area contributed by atoms with Crippen LogP contribution in [0.4, 0.5) is 0 Å². The minimum Gasteiger partial charge on any atom is -0.507 e. The third-order valence-corrected chi connectivity index (χ3v) is 3.31. The van der Waals surface area contributed by atoms with Crippen molar-refractivity contribution >= 4 is 0 Å². The molecule has 0 heterocycles. The largest absolute Gasteiger partial charge is 0.507 e. The van der Waals surface area contributed by atoms with Crippen LogP contribution < -0.4 is 5.32 Å². The minimum absolute atomic E-state index is 0.244. The average Bonchev–Trinajstić information content (AvgIpc) is 2.23. The molecule has 0 aliphatic heterocycles. The zero-order valence-electron chi connectivity index (χ0n) is 11.7. The van der Waals surface area contributed by atoms with E-state index in [0.29, 0.717) is 11.8 Å². The highest BCUT2D eigenvalue weighted by atomic mass is 16.3. The Morgan fingerprint density at radius 1 is 1.29 bits per heavy atom. The summed E-state index contributed by atoms with van der Waals surface area (Å²) in [4.78, 5) is 0. The summed E-state index contributed by atoms with van der Waals surface area (Å²) < 4.78 is 0. The van der Waals surface area contributed by atoms with Crippen LogP contribution in [0.15, 0.2) is 18.2 Å². The van der Waals surface area contributed by atoms with Crippen molar-refractivity contribution in [3.63, 3.8) is 0 Å². The van der Waals surface area contributed by atoms with Gasteiger partial charge in [0.1, 0.15) is 5.75 Å². The van der Waals surface area contributed by atoms with Gasteiger partial charge in [0.2, 0.25) is 0 Å². The number of para-hydroxylation sites is 1. The summed E-state index contributed by atoms with van der Waals surface area (Å²) in [5.74, 6) is 0.420. The molecule has 0 bridgehead atoms. The molecule has 0 fully saturated rings. The molecule has 0 spiro atoms. The summed E-state index contributed by atoms with van der Waals surface area (Å²) in [7, 11) is 0. The molecule has 17 heavy (non-hydrogen) atoms. The van der Waals surface area contributed by atoms with Crippen LogP contribution in [0.1, 0.15) is 45.2 Å². The average molecular weight is 235 g/mol. The maximum Gasteiger partial charge on any atom is 0.122 e. The van der Waals surface area contributed by atoms with Crippen LogP contribution in [-0.4, -0.2) is 11.1 Å². The van der Waals surface area contributed by atoms with Crippen molar-refractivity contribution in [3.05, 3.63) is 29.3 Å². The number of hydrogen-bond donors (Lipinski definition) is 2. The lowest BCUT2D eigenvalue weighted by Crippen LogP contribution is -2.39. The highest BCUT2D eigenvalue weighted by molar-refractivity contribution is 5.39. The highest BCUT2D eigenvalue weighted by Gasteiger charge is 2.22. The van der Waals surface area contributed by atoms with E-state index in [4.69, 9.17) is 0 Å². The van der Waals surface area contributed by atoms with Gasteiger partial charge in [-0.3, -0.25) is 0 Å². The van der Waals surface area contributed by atoms with Gasteiger partial charge in [-0.1, -0.05) is 45.9 Å². The van der Waals surface area contributed by atoms with E-state index in [1.54, 1.807) is 0 Å². The first-order chi connectivity index (χ1) is 7.86. The predicted molar refractivity (Wildman–Crippen MR) is 73.2 cm³/mol. The second kappa shape index (κ2) is 5.54. The lowest BCUT2D eigenvalue weighted by molar-refractivity contribution is 0.258. The molecule has 0 aromatic heterocycles. The topological polar surface area (TPSA) is 32.3 Å². The van der Waals surface area contributed by atoms with E-state index in [9.17, 15) is 5.11 Å². The zero-order valence-corrected chi connectivity index (χ0v) is 11.7. The van der Waals surface area contributed by atoms with Crippen molar-refractivity contribution in [1.29, 1.82) is 0 Å². The van der Waals surface area contributed by atoms with Gasteiger partial charge >= 0.3 is 0 Å². The summed E-state index contributed by atoms with van der Waals surface area (Å²) in [5, 5.41) is 13.5. The van der Waals surface area contributed by atoms with Crippen molar-refractivity contribution in [3.8, 4) is 5.75 Å². The SMILES string of the molecule is CC[C@@H](NCc1cccc(C)c1O)C(C)(C)C. The van der Waals surface area contributed by atoms with Gasteiger partial charge in [0.15, 0.2) is 0 Å². The fourth-order valence-electron chi connectivity index (χ4n) is 2.16. The Kier molecular flexibility index (Phi) is 4.58. The van der Waals surface area contributed by atoms with Gasteiger partial charge in [0.25, 0.3) is 0 Å². The first-order valence-electron chi connectivity index (χ1n) is 6.37. The number of aromatic hydroxyl groups is 1. The molecular formula is C15H25NO. The molecule has 1 rings (SSSR count). The molecule has 0 unspecified atom stereocenters. The molecule has 2 heteroatoms. The second-order valence-corrected chi connectivity index (χ2v) is 5.79. The number of nitrogens with one attached hydrogen (secondary N) is 1. The Morgan fingerprint density at radius 3 is 2.47 bits per heavy atom. The van der Waals surface area contributed by atoms with Gasteiger partial charge in [0, 0.05) is 18.2 Å². The Balaban J connectivity index is 2.70. The van der Waals surface area contributed by atoms with Crippen LogP contribution in [0.2, 0.25) is 0 Å². The Labute approximate surface area is 105 Å². The van der Waals surface area contributed by atoms with Gasteiger partial charge in [-0.15, -0.1) is 0 Å². The normalized spacial score (nSPS) is 13.7. The van der Waals surface area contributed by atoms with E-state index in [1.165, 1.54) is 0 Å².